The Morgan fingerprint density at radius 3 is 1.61 bits per heavy atom. The van der Waals surface area contributed by atoms with Gasteiger partial charge in [-0.05, 0) is 120 Å². The van der Waals surface area contributed by atoms with Crippen LogP contribution in [0, 0.1) is 0 Å². The molecule has 0 atom stereocenters. The molecule has 0 spiro atoms. The Kier molecular flexibility index (Phi) is 8.53. The van der Waals surface area contributed by atoms with E-state index in [-0.39, 0.29) is 0 Å². The van der Waals surface area contributed by atoms with Crippen LogP contribution in [0.15, 0.2) is 241 Å². The van der Waals surface area contributed by atoms with Gasteiger partial charge in [0.15, 0.2) is 0 Å². The van der Waals surface area contributed by atoms with Crippen LogP contribution in [0.5, 0.6) is 0 Å². The number of rotatable bonds is 7. The largest absolute Gasteiger partial charge is 0.456 e. The number of nitrogens with zero attached hydrogens (tertiary/aromatic N) is 1. The molecule has 0 aliphatic heterocycles. The molecule has 0 amide bonds. The van der Waals surface area contributed by atoms with Gasteiger partial charge in [0, 0.05) is 33.8 Å². The summed E-state index contributed by atoms with van der Waals surface area (Å²) in [6.07, 6.45) is 0. The van der Waals surface area contributed by atoms with Crippen molar-refractivity contribution in [3.05, 3.63) is 237 Å². The van der Waals surface area contributed by atoms with Crippen molar-refractivity contribution in [1.82, 2.24) is 0 Å². The zero-order chi connectivity index (χ0) is 41.0. The Bertz CT molecular complexity index is 3620. The first kappa shape index (κ1) is 35.7. The number of fused-ring (bicyclic) bond motifs is 7. The molecule has 0 N–H and O–H groups in total. The highest BCUT2D eigenvalue weighted by molar-refractivity contribution is 6.22. The van der Waals surface area contributed by atoms with Gasteiger partial charge < -0.3 is 9.32 Å². The number of hydrogen-bond acceptors (Lipinski definition) is 2. The van der Waals surface area contributed by atoms with Crippen LogP contribution in [0.3, 0.4) is 0 Å². The fourth-order valence-corrected chi connectivity index (χ4v) is 9.53. The van der Waals surface area contributed by atoms with Gasteiger partial charge in [-0.2, -0.15) is 0 Å². The number of para-hydroxylation sites is 2. The first-order chi connectivity index (χ1) is 30.7. The van der Waals surface area contributed by atoms with Gasteiger partial charge in [0.2, 0.25) is 0 Å². The van der Waals surface area contributed by atoms with Crippen LogP contribution >= 0.6 is 0 Å². The zero-order valence-electron chi connectivity index (χ0n) is 33.9. The monoisotopic (exact) mass is 789 g/mol. The molecule has 12 aromatic rings. The predicted octanol–water partition coefficient (Wildman–Crippen LogP) is 17.2. The van der Waals surface area contributed by atoms with Crippen LogP contribution < -0.4 is 4.90 Å². The SMILES string of the molecule is c1ccc(-c2c(-c3ccccc3)c3cc(-c4ccccc4N(c4ccc(-c5ccc6ccccc6c5)cc4)c4ccc5c(c4)oc4ccccc45)ccc3c3ccccc23)cc1. The summed E-state index contributed by atoms with van der Waals surface area (Å²) in [7, 11) is 0. The van der Waals surface area contributed by atoms with Crippen molar-refractivity contribution in [3.63, 3.8) is 0 Å². The average molecular weight is 790 g/mol. The van der Waals surface area contributed by atoms with Gasteiger partial charge in [-0.1, -0.05) is 182 Å². The molecule has 62 heavy (non-hydrogen) atoms. The van der Waals surface area contributed by atoms with E-state index in [4.69, 9.17) is 4.42 Å². The van der Waals surface area contributed by atoms with Gasteiger partial charge in [0.05, 0.1) is 5.69 Å². The van der Waals surface area contributed by atoms with E-state index < -0.39 is 0 Å². The lowest BCUT2D eigenvalue weighted by atomic mass is 9.84. The molecule has 0 saturated carbocycles. The lowest BCUT2D eigenvalue weighted by Gasteiger charge is -2.28. The Balaban J connectivity index is 1.07. The zero-order valence-corrected chi connectivity index (χ0v) is 33.9. The number of furan rings is 1. The third kappa shape index (κ3) is 6.04. The summed E-state index contributed by atoms with van der Waals surface area (Å²) < 4.78 is 6.50. The van der Waals surface area contributed by atoms with Crippen LogP contribution in [0.1, 0.15) is 0 Å². The quantitative estimate of drug-likeness (QED) is 0.150. The second-order valence-corrected chi connectivity index (χ2v) is 16.0. The molecule has 1 heterocycles. The van der Waals surface area contributed by atoms with Gasteiger partial charge >= 0.3 is 0 Å². The van der Waals surface area contributed by atoms with Gasteiger partial charge in [-0.25, -0.2) is 0 Å². The molecule has 0 aliphatic rings. The second-order valence-electron chi connectivity index (χ2n) is 16.0. The summed E-state index contributed by atoms with van der Waals surface area (Å²) in [6.45, 7) is 0. The van der Waals surface area contributed by atoms with Crippen molar-refractivity contribution >= 4 is 71.3 Å². The fraction of sp³-hybridized carbons (Fsp3) is 0. The molecule has 0 fully saturated rings. The minimum absolute atomic E-state index is 0.859. The van der Waals surface area contributed by atoms with Crippen molar-refractivity contribution in [2.24, 2.45) is 0 Å². The van der Waals surface area contributed by atoms with Gasteiger partial charge in [0.25, 0.3) is 0 Å². The maximum atomic E-state index is 6.50. The van der Waals surface area contributed by atoms with E-state index >= 15 is 0 Å². The van der Waals surface area contributed by atoms with Gasteiger partial charge in [-0.15, -0.1) is 0 Å². The minimum Gasteiger partial charge on any atom is -0.456 e. The summed E-state index contributed by atoms with van der Waals surface area (Å²) in [5.41, 5.74) is 14.4. The molecule has 0 unspecified atom stereocenters. The minimum atomic E-state index is 0.859. The van der Waals surface area contributed by atoms with Crippen molar-refractivity contribution in [2.45, 2.75) is 0 Å². The van der Waals surface area contributed by atoms with Crippen LogP contribution in [0.2, 0.25) is 0 Å². The highest BCUT2D eigenvalue weighted by Gasteiger charge is 2.22. The van der Waals surface area contributed by atoms with Crippen LogP contribution in [-0.4, -0.2) is 0 Å². The first-order valence-corrected chi connectivity index (χ1v) is 21.2. The molecule has 0 bridgehead atoms. The Morgan fingerprint density at radius 1 is 0.274 bits per heavy atom. The van der Waals surface area contributed by atoms with E-state index in [0.29, 0.717) is 0 Å². The normalized spacial score (nSPS) is 11.5. The molecule has 12 rings (SSSR count). The molecule has 2 heteroatoms. The van der Waals surface area contributed by atoms with Crippen LogP contribution in [-0.2, 0) is 0 Å². The van der Waals surface area contributed by atoms with E-state index in [2.05, 4.69) is 229 Å². The molecule has 0 aliphatic carbocycles. The van der Waals surface area contributed by atoms with Crippen LogP contribution in [0.25, 0.3) is 98.8 Å². The van der Waals surface area contributed by atoms with Crippen molar-refractivity contribution < 1.29 is 4.42 Å². The molecule has 0 saturated heterocycles. The maximum absolute atomic E-state index is 6.50. The summed E-state index contributed by atoms with van der Waals surface area (Å²) in [5, 5.41) is 9.64. The number of benzene rings is 11. The smallest absolute Gasteiger partial charge is 0.137 e. The number of anilines is 3. The highest BCUT2D eigenvalue weighted by atomic mass is 16.3. The summed E-state index contributed by atoms with van der Waals surface area (Å²) in [6, 6.07) is 85.6. The Morgan fingerprint density at radius 2 is 0.823 bits per heavy atom. The Hall–Kier alpha value is -8.20. The van der Waals surface area contributed by atoms with Crippen LogP contribution in [0.4, 0.5) is 17.1 Å². The lowest BCUT2D eigenvalue weighted by Crippen LogP contribution is -2.11. The third-order valence-electron chi connectivity index (χ3n) is 12.4. The van der Waals surface area contributed by atoms with E-state index in [9.17, 15) is 0 Å². The maximum Gasteiger partial charge on any atom is 0.137 e. The summed E-state index contributed by atoms with van der Waals surface area (Å²) in [5.74, 6) is 0. The number of hydrogen-bond donors (Lipinski definition) is 0. The third-order valence-corrected chi connectivity index (χ3v) is 12.4. The molecule has 290 valence electrons. The first-order valence-electron chi connectivity index (χ1n) is 21.2. The standard InChI is InChI=1S/C60H39NO/c1-3-16-42(17-4-1)59-54-24-10-9-22-50(54)51-35-31-46(38-55(51)60(59)43-18-5-2-6-19-43)49-21-11-13-25-56(49)61(48-34-36-53-52-23-12-14-26-57(52)62-58(53)39-48)47-32-29-41(30-33-47)45-28-27-40-15-7-8-20-44(40)37-45/h1-39H. The highest BCUT2D eigenvalue weighted by Crippen LogP contribution is 2.48. The fourth-order valence-electron chi connectivity index (χ4n) is 9.53. The molecule has 1 aromatic heterocycles. The van der Waals surface area contributed by atoms with Gasteiger partial charge in [-0.3, -0.25) is 0 Å². The molecular weight excluding hydrogens is 751 g/mol. The lowest BCUT2D eigenvalue weighted by molar-refractivity contribution is 0.669. The second kappa shape index (κ2) is 14.8. The topological polar surface area (TPSA) is 16.4 Å². The van der Waals surface area contributed by atoms with Crippen molar-refractivity contribution in [2.75, 3.05) is 4.90 Å². The van der Waals surface area contributed by atoms with E-state index in [0.717, 1.165) is 50.1 Å². The Labute approximate surface area is 360 Å². The molecule has 2 nitrogen and oxygen atoms in total. The average Bonchev–Trinajstić information content (AvgIpc) is 3.72. The predicted molar refractivity (Wildman–Crippen MR) is 263 cm³/mol. The van der Waals surface area contributed by atoms with E-state index in [1.165, 1.54) is 65.7 Å². The molecule has 11 aromatic carbocycles. The summed E-state index contributed by atoms with van der Waals surface area (Å²) >= 11 is 0. The van der Waals surface area contributed by atoms with E-state index in [1.54, 1.807) is 0 Å². The molecular formula is C60H39NO. The van der Waals surface area contributed by atoms with Crippen molar-refractivity contribution in [1.29, 1.82) is 0 Å². The van der Waals surface area contributed by atoms with Gasteiger partial charge in [0.1, 0.15) is 11.2 Å². The summed E-state index contributed by atoms with van der Waals surface area (Å²) in [4.78, 5) is 2.38. The van der Waals surface area contributed by atoms with Crippen molar-refractivity contribution in [3.8, 4) is 44.5 Å². The molecule has 0 radical (unpaired) electrons. The van der Waals surface area contributed by atoms with E-state index in [1.807, 2.05) is 12.1 Å².